The molecule has 4 nitrogen and oxygen atoms in total. The summed E-state index contributed by atoms with van der Waals surface area (Å²) in [4.78, 5) is 11.4. The second-order valence-electron chi connectivity index (χ2n) is 5.38. The van der Waals surface area contributed by atoms with Crippen molar-refractivity contribution in [1.29, 1.82) is 0 Å². The summed E-state index contributed by atoms with van der Waals surface area (Å²) in [6, 6.07) is 7.26. The summed E-state index contributed by atoms with van der Waals surface area (Å²) in [5, 5.41) is 3.34. The van der Waals surface area contributed by atoms with Gasteiger partial charge in [-0.2, -0.15) is 0 Å². The molecular weight excluding hydrogens is 264 g/mol. The maximum atomic E-state index is 11.4. The molecule has 3 N–H and O–H groups in total. The fourth-order valence-corrected chi connectivity index (χ4v) is 1.75. The van der Waals surface area contributed by atoms with Gasteiger partial charge in [-0.15, -0.1) is 0 Å². The van der Waals surface area contributed by atoms with Crippen molar-refractivity contribution in [3.8, 4) is 0 Å². The van der Waals surface area contributed by atoms with Crippen molar-refractivity contribution in [3.05, 3.63) is 34.9 Å². The number of ether oxygens (including phenoxy) is 1. The zero-order valence-corrected chi connectivity index (χ0v) is 12.3. The fraction of sp³-hybridized carbons (Fsp3) is 0.500. The van der Waals surface area contributed by atoms with Crippen LogP contribution in [-0.4, -0.2) is 18.2 Å². The minimum absolute atomic E-state index is 0.159. The Balaban J connectivity index is 2.35. The molecule has 0 bridgehead atoms. The van der Waals surface area contributed by atoms with Gasteiger partial charge >= 0.3 is 6.09 Å². The third kappa shape index (κ3) is 6.45. The Hall–Kier alpha value is -1.26. The van der Waals surface area contributed by atoms with E-state index in [1.54, 1.807) is 6.07 Å². The predicted molar refractivity (Wildman–Crippen MR) is 77.2 cm³/mol. The Morgan fingerprint density at radius 2 is 2.16 bits per heavy atom. The predicted octanol–water partition coefficient (Wildman–Crippen LogP) is 3.25. The van der Waals surface area contributed by atoms with E-state index in [1.807, 2.05) is 39.0 Å². The van der Waals surface area contributed by atoms with E-state index in [9.17, 15) is 4.79 Å². The molecule has 1 aromatic rings. The molecule has 0 aliphatic rings. The summed E-state index contributed by atoms with van der Waals surface area (Å²) >= 11 is 5.90. The van der Waals surface area contributed by atoms with Crippen LogP contribution in [0.15, 0.2) is 24.3 Å². The number of rotatable bonds is 4. The summed E-state index contributed by atoms with van der Waals surface area (Å²) in [5.41, 5.74) is 6.50. The van der Waals surface area contributed by atoms with Crippen molar-refractivity contribution in [2.75, 3.05) is 6.54 Å². The quantitative estimate of drug-likeness (QED) is 0.892. The molecule has 1 unspecified atom stereocenters. The van der Waals surface area contributed by atoms with Gasteiger partial charge in [0.25, 0.3) is 0 Å². The minimum atomic E-state index is -0.487. The maximum absolute atomic E-state index is 11.4. The van der Waals surface area contributed by atoms with Gasteiger partial charge in [0.2, 0.25) is 0 Å². The number of nitrogens with one attached hydrogen (secondary N) is 1. The normalized spacial score (nSPS) is 12.9. The van der Waals surface area contributed by atoms with Gasteiger partial charge < -0.3 is 15.8 Å². The molecule has 0 aliphatic heterocycles. The smallest absolute Gasteiger partial charge is 0.407 e. The Morgan fingerprint density at radius 3 is 2.74 bits per heavy atom. The highest BCUT2D eigenvalue weighted by molar-refractivity contribution is 6.30. The van der Waals surface area contributed by atoms with E-state index in [0.29, 0.717) is 18.0 Å². The lowest BCUT2D eigenvalue weighted by atomic mass is 10.1. The molecular formula is C14H21ClN2O2. The molecule has 0 aromatic heterocycles. The number of hydrogen-bond acceptors (Lipinski definition) is 3. The first-order chi connectivity index (χ1) is 8.78. The Bertz CT molecular complexity index is 430. The molecule has 19 heavy (non-hydrogen) atoms. The first-order valence-electron chi connectivity index (χ1n) is 6.26. The van der Waals surface area contributed by atoms with Crippen LogP contribution in [0.25, 0.3) is 0 Å². The molecule has 0 aliphatic carbocycles. The molecule has 0 saturated heterocycles. The maximum Gasteiger partial charge on any atom is 0.407 e. The molecule has 1 rings (SSSR count). The Labute approximate surface area is 119 Å². The van der Waals surface area contributed by atoms with Crippen LogP contribution in [0.3, 0.4) is 0 Å². The monoisotopic (exact) mass is 284 g/mol. The van der Waals surface area contributed by atoms with E-state index in [0.717, 1.165) is 5.56 Å². The molecule has 106 valence electrons. The molecule has 0 heterocycles. The first kappa shape index (κ1) is 15.8. The van der Waals surface area contributed by atoms with Crippen LogP contribution in [0.4, 0.5) is 4.79 Å². The first-order valence-corrected chi connectivity index (χ1v) is 6.63. The summed E-state index contributed by atoms with van der Waals surface area (Å²) in [6.45, 7) is 5.93. The molecule has 1 amide bonds. The third-order valence-electron chi connectivity index (χ3n) is 2.40. The van der Waals surface area contributed by atoms with Crippen LogP contribution in [0.2, 0.25) is 5.02 Å². The molecule has 0 radical (unpaired) electrons. The molecule has 0 fully saturated rings. The van der Waals surface area contributed by atoms with E-state index in [2.05, 4.69) is 5.32 Å². The number of nitrogens with two attached hydrogens (primary N) is 1. The van der Waals surface area contributed by atoms with Gasteiger partial charge in [0.05, 0.1) is 0 Å². The Kier molecular flexibility index (Phi) is 5.63. The molecule has 5 heteroatoms. The lowest BCUT2D eigenvalue weighted by Crippen LogP contribution is -2.33. The van der Waals surface area contributed by atoms with Gasteiger partial charge in [-0.05, 0) is 44.9 Å². The number of benzene rings is 1. The SMILES string of the molecule is CC(C)(C)OC(=O)NCCC(N)c1cccc(Cl)c1. The summed E-state index contributed by atoms with van der Waals surface area (Å²) in [7, 11) is 0. The number of hydrogen-bond donors (Lipinski definition) is 2. The Morgan fingerprint density at radius 1 is 1.47 bits per heavy atom. The zero-order chi connectivity index (χ0) is 14.5. The van der Waals surface area contributed by atoms with Crippen LogP contribution < -0.4 is 11.1 Å². The van der Waals surface area contributed by atoms with Crippen molar-refractivity contribution in [2.24, 2.45) is 5.73 Å². The van der Waals surface area contributed by atoms with Crippen LogP contribution >= 0.6 is 11.6 Å². The highest BCUT2D eigenvalue weighted by atomic mass is 35.5. The van der Waals surface area contributed by atoms with Crippen molar-refractivity contribution in [3.63, 3.8) is 0 Å². The number of carbonyl (C=O) groups excluding carboxylic acids is 1. The van der Waals surface area contributed by atoms with Crippen molar-refractivity contribution in [1.82, 2.24) is 5.32 Å². The second-order valence-corrected chi connectivity index (χ2v) is 5.82. The zero-order valence-electron chi connectivity index (χ0n) is 11.6. The standard InChI is InChI=1S/C14H21ClN2O2/c1-14(2,3)19-13(18)17-8-7-12(16)10-5-4-6-11(15)9-10/h4-6,9,12H,7-8,16H2,1-3H3,(H,17,18). The van der Waals surface area contributed by atoms with E-state index in [1.165, 1.54) is 0 Å². The number of halogens is 1. The summed E-state index contributed by atoms with van der Waals surface area (Å²) < 4.78 is 5.13. The topological polar surface area (TPSA) is 64.3 Å². The fourth-order valence-electron chi connectivity index (χ4n) is 1.55. The van der Waals surface area contributed by atoms with Crippen molar-refractivity contribution in [2.45, 2.75) is 38.8 Å². The van der Waals surface area contributed by atoms with E-state index < -0.39 is 11.7 Å². The number of alkyl carbamates (subject to hydrolysis) is 1. The average molecular weight is 285 g/mol. The summed E-state index contributed by atoms with van der Waals surface area (Å²) in [5.74, 6) is 0. The highest BCUT2D eigenvalue weighted by Crippen LogP contribution is 2.18. The average Bonchev–Trinajstić information content (AvgIpc) is 2.26. The van der Waals surface area contributed by atoms with Crippen LogP contribution in [0.5, 0.6) is 0 Å². The van der Waals surface area contributed by atoms with Gasteiger partial charge in [0.1, 0.15) is 5.60 Å². The van der Waals surface area contributed by atoms with Gasteiger partial charge in [-0.3, -0.25) is 0 Å². The van der Waals surface area contributed by atoms with Crippen molar-refractivity contribution < 1.29 is 9.53 Å². The number of amides is 1. The van der Waals surface area contributed by atoms with Crippen LogP contribution in [-0.2, 0) is 4.74 Å². The molecule has 0 spiro atoms. The van der Waals surface area contributed by atoms with E-state index >= 15 is 0 Å². The van der Waals surface area contributed by atoms with Gasteiger partial charge in [-0.25, -0.2) is 4.79 Å². The van der Waals surface area contributed by atoms with Gasteiger partial charge in [-0.1, -0.05) is 23.7 Å². The third-order valence-corrected chi connectivity index (χ3v) is 2.64. The van der Waals surface area contributed by atoms with E-state index in [-0.39, 0.29) is 6.04 Å². The van der Waals surface area contributed by atoms with Crippen molar-refractivity contribution >= 4 is 17.7 Å². The second kappa shape index (κ2) is 6.78. The van der Waals surface area contributed by atoms with Gasteiger partial charge in [0, 0.05) is 17.6 Å². The molecule has 1 atom stereocenters. The van der Waals surface area contributed by atoms with Crippen LogP contribution in [0, 0.1) is 0 Å². The van der Waals surface area contributed by atoms with E-state index in [4.69, 9.17) is 22.1 Å². The lowest BCUT2D eigenvalue weighted by molar-refractivity contribution is 0.0526. The van der Waals surface area contributed by atoms with Gasteiger partial charge in [0.15, 0.2) is 0 Å². The number of carbonyl (C=O) groups is 1. The lowest BCUT2D eigenvalue weighted by Gasteiger charge is -2.20. The minimum Gasteiger partial charge on any atom is -0.444 e. The molecule has 1 aromatic carbocycles. The summed E-state index contributed by atoms with van der Waals surface area (Å²) in [6.07, 6.45) is 0.199. The largest absolute Gasteiger partial charge is 0.444 e. The molecule has 0 saturated carbocycles. The highest BCUT2D eigenvalue weighted by Gasteiger charge is 2.16. The van der Waals surface area contributed by atoms with Crippen LogP contribution in [0.1, 0.15) is 38.8 Å².